The highest BCUT2D eigenvalue weighted by atomic mass is 32.1. The third kappa shape index (κ3) is 4.38. The van der Waals surface area contributed by atoms with E-state index in [9.17, 15) is 4.79 Å². The standard InChI is InChI=1S/C16H25N3O2S/c1-12(18(3)16(20)10-21-4)14-6-5-7-19(8-14)9-15-11-22-13(2)17-15/h6,11-12H,5,7-10H2,1-4H3/t12-/m0/s1. The molecule has 2 heterocycles. The van der Waals surface area contributed by atoms with E-state index in [1.54, 1.807) is 23.3 Å². The number of rotatable bonds is 6. The van der Waals surface area contributed by atoms with E-state index in [1.807, 2.05) is 14.0 Å². The maximum absolute atomic E-state index is 12.0. The van der Waals surface area contributed by atoms with Crippen LogP contribution in [0.1, 0.15) is 24.0 Å². The zero-order chi connectivity index (χ0) is 16.1. The molecule has 0 unspecified atom stereocenters. The predicted molar refractivity (Wildman–Crippen MR) is 88.9 cm³/mol. The molecule has 1 aliphatic rings. The number of methoxy groups -OCH3 is 1. The van der Waals surface area contributed by atoms with Gasteiger partial charge in [0.1, 0.15) is 6.61 Å². The Balaban J connectivity index is 1.94. The summed E-state index contributed by atoms with van der Waals surface area (Å²) in [5.74, 6) is 0.0168. The number of carbonyl (C=O) groups is 1. The number of carbonyl (C=O) groups excluding carboxylic acids is 1. The maximum Gasteiger partial charge on any atom is 0.248 e. The SMILES string of the molecule is COCC(=O)N(C)[C@@H](C)C1=CCCN(Cc2csc(C)n2)C1. The van der Waals surface area contributed by atoms with Gasteiger partial charge in [-0.3, -0.25) is 9.69 Å². The first-order chi connectivity index (χ1) is 10.5. The smallest absolute Gasteiger partial charge is 0.248 e. The molecule has 1 aromatic heterocycles. The molecule has 0 saturated heterocycles. The number of likely N-dealkylation sites (N-methyl/N-ethyl adjacent to an activating group) is 1. The third-order valence-electron chi connectivity index (χ3n) is 4.09. The molecule has 6 heteroatoms. The number of thiazole rings is 1. The Morgan fingerprint density at radius 3 is 3.00 bits per heavy atom. The second-order valence-electron chi connectivity index (χ2n) is 5.75. The number of nitrogens with zero attached hydrogens (tertiary/aromatic N) is 3. The van der Waals surface area contributed by atoms with Gasteiger partial charge in [-0.15, -0.1) is 11.3 Å². The average Bonchev–Trinajstić information content (AvgIpc) is 2.91. The van der Waals surface area contributed by atoms with Crippen LogP contribution in [0.2, 0.25) is 0 Å². The topological polar surface area (TPSA) is 45.7 Å². The molecule has 0 aliphatic carbocycles. The predicted octanol–water partition coefficient (Wildman–Crippen LogP) is 2.08. The molecule has 122 valence electrons. The van der Waals surface area contributed by atoms with Crippen molar-refractivity contribution in [2.75, 3.05) is 33.9 Å². The van der Waals surface area contributed by atoms with Gasteiger partial charge < -0.3 is 9.64 Å². The van der Waals surface area contributed by atoms with Crippen molar-refractivity contribution in [3.63, 3.8) is 0 Å². The van der Waals surface area contributed by atoms with Crippen LogP contribution in [0, 0.1) is 6.92 Å². The minimum atomic E-state index is 0.0168. The highest BCUT2D eigenvalue weighted by Crippen LogP contribution is 2.19. The Bertz CT molecular complexity index is 541. The van der Waals surface area contributed by atoms with Crippen molar-refractivity contribution >= 4 is 17.2 Å². The molecule has 0 spiro atoms. The summed E-state index contributed by atoms with van der Waals surface area (Å²) in [6, 6.07) is 0.0996. The monoisotopic (exact) mass is 323 g/mol. The van der Waals surface area contributed by atoms with Gasteiger partial charge in [-0.25, -0.2) is 4.98 Å². The van der Waals surface area contributed by atoms with Gasteiger partial charge in [-0.1, -0.05) is 6.08 Å². The van der Waals surface area contributed by atoms with Crippen LogP contribution in [0.15, 0.2) is 17.0 Å². The summed E-state index contributed by atoms with van der Waals surface area (Å²) in [6.45, 7) is 7.06. The van der Waals surface area contributed by atoms with Crippen molar-refractivity contribution < 1.29 is 9.53 Å². The number of hydrogen-bond acceptors (Lipinski definition) is 5. The van der Waals surface area contributed by atoms with Crippen molar-refractivity contribution in [1.82, 2.24) is 14.8 Å². The van der Waals surface area contributed by atoms with Crippen LogP contribution < -0.4 is 0 Å². The van der Waals surface area contributed by atoms with Crippen molar-refractivity contribution in [3.05, 3.63) is 27.7 Å². The first-order valence-electron chi connectivity index (χ1n) is 7.58. The molecule has 0 aromatic carbocycles. The lowest BCUT2D eigenvalue weighted by Crippen LogP contribution is -2.42. The molecule has 2 rings (SSSR count). The number of amides is 1. The normalized spacial score (nSPS) is 17.2. The van der Waals surface area contributed by atoms with Gasteiger partial charge in [-0.2, -0.15) is 0 Å². The van der Waals surface area contributed by atoms with E-state index in [2.05, 4.69) is 28.3 Å². The lowest BCUT2D eigenvalue weighted by atomic mass is 10.0. The van der Waals surface area contributed by atoms with Crippen molar-refractivity contribution in [3.8, 4) is 0 Å². The Morgan fingerprint density at radius 1 is 1.59 bits per heavy atom. The molecule has 1 aromatic rings. The van der Waals surface area contributed by atoms with Crippen LogP contribution in [0.5, 0.6) is 0 Å². The zero-order valence-electron chi connectivity index (χ0n) is 13.8. The molecule has 1 aliphatic heterocycles. The van der Waals surface area contributed by atoms with E-state index in [1.165, 1.54) is 5.57 Å². The minimum absolute atomic E-state index is 0.0168. The molecule has 0 radical (unpaired) electrons. The van der Waals surface area contributed by atoms with E-state index in [4.69, 9.17) is 4.74 Å². The number of aromatic nitrogens is 1. The van der Waals surface area contributed by atoms with Crippen molar-refractivity contribution in [2.45, 2.75) is 32.9 Å². The summed E-state index contributed by atoms with van der Waals surface area (Å²) in [6.07, 6.45) is 3.29. The third-order valence-corrected chi connectivity index (χ3v) is 4.91. The van der Waals surface area contributed by atoms with Crippen LogP contribution in [-0.2, 0) is 16.1 Å². The number of aryl methyl sites for hydroxylation is 1. The molecule has 0 fully saturated rings. The van der Waals surface area contributed by atoms with E-state index in [0.717, 1.165) is 36.8 Å². The summed E-state index contributed by atoms with van der Waals surface area (Å²) in [5, 5.41) is 3.24. The quantitative estimate of drug-likeness (QED) is 0.752. The Morgan fingerprint density at radius 2 is 2.36 bits per heavy atom. The summed E-state index contributed by atoms with van der Waals surface area (Å²) >= 11 is 1.70. The molecule has 5 nitrogen and oxygen atoms in total. The summed E-state index contributed by atoms with van der Waals surface area (Å²) in [5.41, 5.74) is 2.44. The highest BCUT2D eigenvalue weighted by Gasteiger charge is 2.23. The van der Waals surface area contributed by atoms with E-state index in [0.29, 0.717) is 0 Å². The molecule has 0 saturated carbocycles. The van der Waals surface area contributed by atoms with E-state index in [-0.39, 0.29) is 18.6 Å². The van der Waals surface area contributed by atoms with Crippen LogP contribution in [0.3, 0.4) is 0 Å². The van der Waals surface area contributed by atoms with Crippen molar-refractivity contribution in [1.29, 1.82) is 0 Å². The van der Waals surface area contributed by atoms with Gasteiger partial charge in [0.15, 0.2) is 0 Å². The first kappa shape index (κ1) is 17.1. The maximum atomic E-state index is 12.0. The Labute approximate surface area is 136 Å². The molecular weight excluding hydrogens is 298 g/mol. The van der Waals surface area contributed by atoms with Gasteiger partial charge in [-0.05, 0) is 25.8 Å². The van der Waals surface area contributed by atoms with Crippen LogP contribution in [0.25, 0.3) is 0 Å². The first-order valence-corrected chi connectivity index (χ1v) is 8.46. The Kier molecular flexibility index (Phi) is 6.11. The van der Waals surface area contributed by atoms with Crippen LogP contribution in [-0.4, -0.2) is 60.6 Å². The number of ether oxygens (including phenoxy) is 1. The summed E-state index contributed by atoms with van der Waals surface area (Å²) < 4.78 is 4.94. The summed E-state index contributed by atoms with van der Waals surface area (Å²) in [7, 11) is 3.39. The van der Waals surface area contributed by atoms with Gasteiger partial charge in [0.05, 0.1) is 16.7 Å². The van der Waals surface area contributed by atoms with E-state index < -0.39 is 0 Å². The van der Waals surface area contributed by atoms with Gasteiger partial charge in [0, 0.05) is 39.2 Å². The van der Waals surface area contributed by atoms with Gasteiger partial charge >= 0.3 is 0 Å². The van der Waals surface area contributed by atoms with Crippen LogP contribution >= 0.6 is 11.3 Å². The molecule has 1 amide bonds. The molecule has 0 bridgehead atoms. The average molecular weight is 323 g/mol. The lowest BCUT2D eigenvalue weighted by molar-refractivity contribution is -0.135. The highest BCUT2D eigenvalue weighted by molar-refractivity contribution is 7.09. The van der Waals surface area contributed by atoms with Crippen LogP contribution in [0.4, 0.5) is 0 Å². The van der Waals surface area contributed by atoms with Gasteiger partial charge in [0.25, 0.3) is 0 Å². The fourth-order valence-electron chi connectivity index (χ4n) is 2.67. The molecule has 0 N–H and O–H groups in total. The minimum Gasteiger partial charge on any atom is -0.375 e. The molecule has 22 heavy (non-hydrogen) atoms. The molecule has 1 atom stereocenters. The van der Waals surface area contributed by atoms with E-state index >= 15 is 0 Å². The second-order valence-corrected chi connectivity index (χ2v) is 6.81. The largest absolute Gasteiger partial charge is 0.375 e. The second kappa shape index (κ2) is 7.85. The van der Waals surface area contributed by atoms with Gasteiger partial charge in [0.2, 0.25) is 5.91 Å². The Hall–Kier alpha value is -1.24. The lowest BCUT2D eigenvalue weighted by Gasteiger charge is -2.33. The zero-order valence-corrected chi connectivity index (χ0v) is 14.7. The fourth-order valence-corrected chi connectivity index (χ4v) is 3.28. The summed E-state index contributed by atoms with van der Waals surface area (Å²) in [4.78, 5) is 20.7. The van der Waals surface area contributed by atoms with Crippen molar-refractivity contribution in [2.24, 2.45) is 0 Å². The molecular formula is C16H25N3O2S. The fraction of sp³-hybridized carbons (Fsp3) is 0.625. The number of hydrogen-bond donors (Lipinski definition) is 0.